The third-order valence-corrected chi connectivity index (χ3v) is 2.45. The molecule has 1 rings (SSSR count). The Hall–Kier alpha value is -0.830. The lowest BCUT2D eigenvalue weighted by molar-refractivity contribution is -0.202. The minimum Gasteiger partial charge on any atom is -0.364 e. The van der Waals surface area contributed by atoms with Gasteiger partial charge in [0.15, 0.2) is 0 Å². The van der Waals surface area contributed by atoms with Crippen LogP contribution in [-0.2, 0) is 9.63 Å². The molecule has 0 N–H and O–H groups in total. The lowest BCUT2D eigenvalue weighted by atomic mass is 9.95. The van der Waals surface area contributed by atoms with Crippen molar-refractivity contribution in [2.45, 2.75) is 32.7 Å². The summed E-state index contributed by atoms with van der Waals surface area (Å²) < 4.78 is 0. The summed E-state index contributed by atoms with van der Waals surface area (Å²) in [6, 6.07) is 0.327. The molecule has 74 valence electrons. The minimum atomic E-state index is -0.360. The molecule has 0 radical (unpaired) electrons. The van der Waals surface area contributed by atoms with E-state index in [4.69, 9.17) is 4.84 Å². The summed E-state index contributed by atoms with van der Waals surface area (Å²) in [5, 5.41) is 1.75. The number of hydroxylamine groups is 2. The molecule has 0 aromatic rings. The fraction of sp³-hybridized carbons (Fsp3) is 0.700. The average molecular weight is 183 g/mol. The third-order valence-electron chi connectivity index (χ3n) is 2.45. The van der Waals surface area contributed by atoms with Crippen LogP contribution in [0.5, 0.6) is 0 Å². The number of piperidine rings is 1. The number of carbonyl (C=O) groups is 1. The second-order valence-electron chi connectivity index (χ2n) is 3.73. The lowest BCUT2D eigenvalue weighted by Gasteiger charge is -2.34. The van der Waals surface area contributed by atoms with Crippen LogP contribution in [0.1, 0.15) is 26.7 Å². The minimum absolute atomic E-state index is 0.327. The van der Waals surface area contributed by atoms with Crippen molar-refractivity contribution in [1.29, 1.82) is 0 Å². The van der Waals surface area contributed by atoms with E-state index in [1.807, 2.05) is 0 Å². The maximum absolute atomic E-state index is 10.9. The van der Waals surface area contributed by atoms with E-state index in [9.17, 15) is 4.79 Å². The van der Waals surface area contributed by atoms with Crippen LogP contribution in [0, 0.1) is 5.92 Å². The summed E-state index contributed by atoms with van der Waals surface area (Å²) in [7, 11) is 0. The molecule has 1 saturated heterocycles. The molecule has 3 heteroatoms. The van der Waals surface area contributed by atoms with Crippen LogP contribution in [0.2, 0.25) is 0 Å². The molecule has 0 aliphatic carbocycles. The van der Waals surface area contributed by atoms with Crippen molar-refractivity contribution in [2.75, 3.05) is 6.54 Å². The molecular formula is C10H17NO2. The topological polar surface area (TPSA) is 29.5 Å². The van der Waals surface area contributed by atoms with E-state index < -0.39 is 0 Å². The first kappa shape index (κ1) is 10.3. The Balaban J connectivity index is 2.42. The lowest BCUT2D eigenvalue weighted by Crippen LogP contribution is -2.41. The molecule has 1 aliphatic heterocycles. The van der Waals surface area contributed by atoms with E-state index in [-0.39, 0.29) is 5.97 Å². The maximum atomic E-state index is 10.9. The van der Waals surface area contributed by atoms with Crippen LogP contribution in [0.3, 0.4) is 0 Å². The van der Waals surface area contributed by atoms with Crippen molar-refractivity contribution in [3.05, 3.63) is 12.7 Å². The normalized spacial score (nSPS) is 29.7. The fourth-order valence-corrected chi connectivity index (χ4v) is 1.67. The molecule has 1 aliphatic rings. The van der Waals surface area contributed by atoms with Crippen molar-refractivity contribution in [3.8, 4) is 0 Å². The highest BCUT2D eigenvalue weighted by molar-refractivity contribution is 5.80. The molecule has 1 heterocycles. The molecule has 0 aromatic carbocycles. The van der Waals surface area contributed by atoms with Gasteiger partial charge in [0.25, 0.3) is 0 Å². The number of hydrogen-bond donors (Lipinski definition) is 0. The van der Waals surface area contributed by atoms with Crippen molar-refractivity contribution >= 4 is 5.97 Å². The summed E-state index contributed by atoms with van der Waals surface area (Å²) in [5.41, 5.74) is 0. The summed E-state index contributed by atoms with van der Waals surface area (Å²) in [6.45, 7) is 8.50. The van der Waals surface area contributed by atoms with Crippen LogP contribution in [0.25, 0.3) is 0 Å². The second-order valence-corrected chi connectivity index (χ2v) is 3.73. The van der Waals surface area contributed by atoms with E-state index in [1.165, 1.54) is 6.08 Å². The zero-order valence-electron chi connectivity index (χ0n) is 8.32. The predicted molar refractivity (Wildman–Crippen MR) is 50.9 cm³/mol. The highest BCUT2D eigenvalue weighted by Crippen LogP contribution is 2.22. The van der Waals surface area contributed by atoms with Crippen molar-refractivity contribution in [2.24, 2.45) is 5.92 Å². The third kappa shape index (κ3) is 2.84. The summed E-state index contributed by atoms with van der Waals surface area (Å²) in [5.74, 6) is 0.370. The SMILES string of the molecule is C=CC(=O)ON1CCC(C)CC1C. The van der Waals surface area contributed by atoms with Gasteiger partial charge in [-0.15, -0.1) is 5.06 Å². The van der Waals surface area contributed by atoms with Gasteiger partial charge >= 0.3 is 5.97 Å². The highest BCUT2D eigenvalue weighted by Gasteiger charge is 2.25. The molecular weight excluding hydrogens is 166 g/mol. The Morgan fingerprint density at radius 2 is 2.31 bits per heavy atom. The molecule has 0 bridgehead atoms. The molecule has 0 amide bonds. The Morgan fingerprint density at radius 1 is 1.62 bits per heavy atom. The van der Waals surface area contributed by atoms with E-state index in [1.54, 1.807) is 5.06 Å². The molecule has 2 atom stereocenters. The molecule has 0 saturated carbocycles. The smallest absolute Gasteiger partial charge is 0.349 e. The van der Waals surface area contributed by atoms with E-state index in [0.717, 1.165) is 25.3 Å². The largest absolute Gasteiger partial charge is 0.364 e. The molecule has 1 fully saturated rings. The number of nitrogens with zero attached hydrogens (tertiary/aromatic N) is 1. The van der Waals surface area contributed by atoms with E-state index >= 15 is 0 Å². The van der Waals surface area contributed by atoms with Gasteiger partial charge in [-0.2, -0.15) is 0 Å². The summed E-state index contributed by atoms with van der Waals surface area (Å²) >= 11 is 0. The van der Waals surface area contributed by atoms with E-state index in [2.05, 4.69) is 20.4 Å². The summed E-state index contributed by atoms with van der Waals surface area (Å²) in [4.78, 5) is 16.0. The Bertz CT molecular complexity index is 203. The van der Waals surface area contributed by atoms with Gasteiger partial charge in [-0.3, -0.25) is 0 Å². The number of carbonyl (C=O) groups excluding carboxylic acids is 1. The fourth-order valence-electron chi connectivity index (χ4n) is 1.67. The first-order valence-corrected chi connectivity index (χ1v) is 4.74. The molecule has 2 unspecified atom stereocenters. The molecule has 3 nitrogen and oxygen atoms in total. The van der Waals surface area contributed by atoms with Gasteiger partial charge in [-0.05, 0) is 25.7 Å². The van der Waals surface area contributed by atoms with Gasteiger partial charge in [-0.25, -0.2) is 4.79 Å². The van der Waals surface area contributed by atoms with Gasteiger partial charge in [0.05, 0.1) is 0 Å². The molecule has 0 aromatic heterocycles. The van der Waals surface area contributed by atoms with Crippen LogP contribution in [-0.4, -0.2) is 23.6 Å². The van der Waals surface area contributed by atoms with Crippen molar-refractivity contribution in [3.63, 3.8) is 0 Å². The van der Waals surface area contributed by atoms with E-state index in [0.29, 0.717) is 6.04 Å². The highest BCUT2D eigenvalue weighted by atomic mass is 16.7. The van der Waals surface area contributed by atoms with Gasteiger partial charge in [0.1, 0.15) is 0 Å². The first-order chi connectivity index (χ1) is 6.13. The van der Waals surface area contributed by atoms with Gasteiger partial charge < -0.3 is 4.84 Å². The van der Waals surface area contributed by atoms with Crippen LogP contribution >= 0.6 is 0 Å². The Labute approximate surface area is 79.3 Å². The monoisotopic (exact) mass is 183 g/mol. The van der Waals surface area contributed by atoms with Crippen LogP contribution < -0.4 is 0 Å². The molecule has 0 spiro atoms. The number of rotatable bonds is 2. The standard InChI is InChI=1S/C10H17NO2/c1-4-10(12)13-11-6-5-8(2)7-9(11)3/h4,8-9H,1,5-7H2,2-3H3. The van der Waals surface area contributed by atoms with Crippen molar-refractivity contribution < 1.29 is 9.63 Å². The predicted octanol–water partition coefficient (Wildman–Crippen LogP) is 1.75. The number of hydrogen-bond acceptors (Lipinski definition) is 3. The Kier molecular flexibility index (Phi) is 3.48. The average Bonchev–Trinajstić information content (AvgIpc) is 2.09. The zero-order chi connectivity index (χ0) is 9.84. The van der Waals surface area contributed by atoms with Gasteiger partial charge in [0, 0.05) is 18.7 Å². The van der Waals surface area contributed by atoms with Gasteiger partial charge in [0.2, 0.25) is 0 Å². The van der Waals surface area contributed by atoms with Crippen LogP contribution in [0.4, 0.5) is 0 Å². The maximum Gasteiger partial charge on any atom is 0.349 e. The Morgan fingerprint density at radius 3 is 2.85 bits per heavy atom. The second kappa shape index (κ2) is 4.42. The summed E-state index contributed by atoms with van der Waals surface area (Å²) in [6.07, 6.45) is 3.38. The zero-order valence-corrected chi connectivity index (χ0v) is 8.32. The quantitative estimate of drug-likeness (QED) is 0.611. The van der Waals surface area contributed by atoms with Gasteiger partial charge in [-0.1, -0.05) is 13.5 Å². The first-order valence-electron chi connectivity index (χ1n) is 4.74. The van der Waals surface area contributed by atoms with Crippen LogP contribution in [0.15, 0.2) is 12.7 Å². The molecule has 13 heavy (non-hydrogen) atoms. The van der Waals surface area contributed by atoms with Crippen molar-refractivity contribution in [1.82, 2.24) is 5.06 Å².